The molecule has 1 aliphatic rings. The van der Waals surface area contributed by atoms with Crippen LogP contribution in [0.15, 0.2) is 0 Å². The topological polar surface area (TPSA) is 21.3 Å². The lowest BCUT2D eigenvalue weighted by Gasteiger charge is -2.53. The van der Waals surface area contributed by atoms with Crippen LogP contribution in [0.2, 0.25) is 0 Å². The Kier molecular flexibility index (Phi) is 9.59. The smallest absolute Gasteiger partial charge is 0.0658 e. The molecule has 0 aromatic rings. The second-order valence-corrected chi connectivity index (χ2v) is 7.02. The number of hydrogen-bond acceptors (Lipinski definition) is 2. The van der Waals surface area contributed by atoms with E-state index in [4.69, 9.17) is 4.74 Å². The highest BCUT2D eigenvalue weighted by Gasteiger charge is 2.50. The summed E-state index contributed by atoms with van der Waals surface area (Å²) in [4.78, 5) is 0. The van der Waals surface area contributed by atoms with Gasteiger partial charge >= 0.3 is 0 Å². The maximum Gasteiger partial charge on any atom is 0.0658 e. The summed E-state index contributed by atoms with van der Waals surface area (Å²) < 4.78 is 5.87. The molecule has 2 nitrogen and oxygen atoms in total. The SMILES string of the molecule is CCCCCCCCCCNC1CC(OCC)C1(C)CC. The molecule has 0 amide bonds. The lowest BCUT2D eigenvalue weighted by molar-refractivity contribution is -0.125. The minimum atomic E-state index is 0.357. The van der Waals surface area contributed by atoms with Crippen molar-refractivity contribution in [3.8, 4) is 0 Å². The zero-order chi connectivity index (χ0) is 15.6. The van der Waals surface area contributed by atoms with Gasteiger partial charge in [0.2, 0.25) is 0 Å². The van der Waals surface area contributed by atoms with Crippen LogP contribution in [0.25, 0.3) is 0 Å². The Hall–Kier alpha value is -0.0800. The summed E-state index contributed by atoms with van der Waals surface area (Å²) in [6, 6.07) is 0.670. The first-order valence-corrected chi connectivity index (χ1v) is 9.54. The lowest BCUT2D eigenvalue weighted by atomic mass is 9.61. The largest absolute Gasteiger partial charge is 0.378 e. The summed E-state index contributed by atoms with van der Waals surface area (Å²) in [7, 11) is 0. The molecule has 0 aromatic heterocycles. The number of unbranched alkanes of at least 4 members (excludes halogenated alkanes) is 7. The van der Waals surface area contributed by atoms with Crippen molar-refractivity contribution < 1.29 is 4.74 Å². The van der Waals surface area contributed by atoms with Crippen molar-refractivity contribution >= 4 is 0 Å². The number of nitrogens with one attached hydrogen (secondary N) is 1. The van der Waals surface area contributed by atoms with Gasteiger partial charge in [0, 0.05) is 18.1 Å². The van der Waals surface area contributed by atoms with Crippen LogP contribution < -0.4 is 5.32 Å². The first-order valence-electron chi connectivity index (χ1n) is 9.54. The van der Waals surface area contributed by atoms with Crippen LogP contribution in [-0.2, 0) is 4.74 Å². The molecule has 3 unspecified atom stereocenters. The predicted octanol–water partition coefficient (Wildman–Crippen LogP) is 5.31. The van der Waals surface area contributed by atoms with Crippen LogP contribution in [0, 0.1) is 5.41 Å². The predicted molar refractivity (Wildman–Crippen MR) is 92.8 cm³/mol. The Bertz CT molecular complexity index is 256. The molecule has 1 rings (SSSR count). The summed E-state index contributed by atoms with van der Waals surface area (Å²) in [5, 5.41) is 3.78. The van der Waals surface area contributed by atoms with E-state index in [0.29, 0.717) is 17.6 Å². The minimum absolute atomic E-state index is 0.357. The first-order chi connectivity index (χ1) is 10.2. The standard InChI is InChI=1S/C19H39NO/c1-5-8-9-10-11-12-13-14-15-20-17-16-18(21-7-3)19(17,4)6-2/h17-18,20H,5-16H2,1-4H3. The zero-order valence-corrected chi connectivity index (χ0v) is 15.0. The van der Waals surface area contributed by atoms with Gasteiger partial charge in [0.25, 0.3) is 0 Å². The molecule has 0 heterocycles. The fraction of sp³-hybridized carbons (Fsp3) is 1.00. The monoisotopic (exact) mass is 297 g/mol. The van der Waals surface area contributed by atoms with Crippen molar-refractivity contribution in [1.82, 2.24) is 5.32 Å². The average molecular weight is 298 g/mol. The van der Waals surface area contributed by atoms with Gasteiger partial charge in [0.05, 0.1) is 6.10 Å². The van der Waals surface area contributed by atoms with E-state index in [-0.39, 0.29) is 0 Å². The van der Waals surface area contributed by atoms with Crippen molar-refractivity contribution in [3.05, 3.63) is 0 Å². The van der Waals surface area contributed by atoms with E-state index in [9.17, 15) is 0 Å². The Balaban J connectivity index is 2.01. The summed E-state index contributed by atoms with van der Waals surface area (Å²) in [6.07, 6.45) is 14.1. The highest BCUT2D eigenvalue weighted by Crippen LogP contribution is 2.45. The van der Waals surface area contributed by atoms with Gasteiger partial charge in [-0.2, -0.15) is 0 Å². The highest BCUT2D eigenvalue weighted by atomic mass is 16.5. The molecule has 2 heteroatoms. The van der Waals surface area contributed by atoms with E-state index in [1.807, 2.05) is 0 Å². The first kappa shape index (κ1) is 19.0. The van der Waals surface area contributed by atoms with E-state index < -0.39 is 0 Å². The normalized spacial score (nSPS) is 28.6. The van der Waals surface area contributed by atoms with Gasteiger partial charge < -0.3 is 10.1 Å². The van der Waals surface area contributed by atoms with Gasteiger partial charge in [0.1, 0.15) is 0 Å². The van der Waals surface area contributed by atoms with Crippen molar-refractivity contribution in [1.29, 1.82) is 0 Å². The zero-order valence-electron chi connectivity index (χ0n) is 15.0. The Labute approximate surface area is 133 Å². The lowest BCUT2D eigenvalue weighted by Crippen LogP contribution is -2.62. The van der Waals surface area contributed by atoms with Gasteiger partial charge in [-0.25, -0.2) is 0 Å². The molecule has 0 spiro atoms. The van der Waals surface area contributed by atoms with E-state index in [1.54, 1.807) is 0 Å². The molecule has 21 heavy (non-hydrogen) atoms. The molecule has 0 bridgehead atoms. The van der Waals surface area contributed by atoms with Crippen molar-refractivity contribution in [2.45, 2.75) is 104 Å². The fourth-order valence-electron chi connectivity index (χ4n) is 3.60. The van der Waals surface area contributed by atoms with Gasteiger partial charge in [-0.05, 0) is 32.7 Å². The number of ether oxygens (including phenoxy) is 1. The molecule has 1 saturated carbocycles. The molecule has 0 aliphatic heterocycles. The number of hydrogen-bond donors (Lipinski definition) is 1. The van der Waals surface area contributed by atoms with Gasteiger partial charge in [0.15, 0.2) is 0 Å². The third-order valence-corrected chi connectivity index (χ3v) is 5.53. The Morgan fingerprint density at radius 3 is 2.14 bits per heavy atom. The minimum Gasteiger partial charge on any atom is -0.378 e. The Morgan fingerprint density at radius 2 is 1.57 bits per heavy atom. The molecular formula is C19H39NO. The van der Waals surface area contributed by atoms with Gasteiger partial charge in [-0.3, -0.25) is 0 Å². The third kappa shape index (κ3) is 5.90. The quantitative estimate of drug-likeness (QED) is 0.465. The van der Waals surface area contributed by atoms with Crippen molar-refractivity contribution in [2.75, 3.05) is 13.2 Å². The summed E-state index contributed by atoms with van der Waals surface area (Å²) in [6.45, 7) is 11.1. The van der Waals surface area contributed by atoms with E-state index >= 15 is 0 Å². The molecule has 3 atom stereocenters. The molecular weight excluding hydrogens is 258 g/mol. The van der Waals surface area contributed by atoms with E-state index in [0.717, 1.165) is 6.61 Å². The van der Waals surface area contributed by atoms with Gasteiger partial charge in [-0.1, -0.05) is 65.7 Å². The van der Waals surface area contributed by atoms with E-state index in [1.165, 1.54) is 70.8 Å². The second-order valence-electron chi connectivity index (χ2n) is 7.02. The molecule has 126 valence electrons. The maximum atomic E-state index is 5.87. The third-order valence-electron chi connectivity index (χ3n) is 5.53. The molecule has 1 fully saturated rings. The van der Waals surface area contributed by atoms with Crippen molar-refractivity contribution in [2.24, 2.45) is 5.41 Å². The molecule has 1 N–H and O–H groups in total. The van der Waals surface area contributed by atoms with Crippen molar-refractivity contribution in [3.63, 3.8) is 0 Å². The van der Waals surface area contributed by atoms with Crippen LogP contribution in [0.1, 0.15) is 91.9 Å². The molecule has 0 aromatic carbocycles. The Morgan fingerprint density at radius 1 is 0.952 bits per heavy atom. The van der Waals surface area contributed by atoms with E-state index in [2.05, 4.69) is 33.0 Å². The molecule has 0 radical (unpaired) electrons. The summed E-state index contributed by atoms with van der Waals surface area (Å²) in [5.41, 5.74) is 0.357. The maximum absolute atomic E-state index is 5.87. The summed E-state index contributed by atoms with van der Waals surface area (Å²) >= 11 is 0. The molecule has 1 aliphatic carbocycles. The highest BCUT2D eigenvalue weighted by molar-refractivity contribution is 5.04. The van der Waals surface area contributed by atoms with Crippen LogP contribution in [0.5, 0.6) is 0 Å². The second kappa shape index (κ2) is 10.6. The van der Waals surface area contributed by atoms with Gasteiger partial charge in [-0.15, -0.1) is 0 Å². The summed E-state index contributed by atoms with van der Waals surface area (Å²) in [5.74, 6) is 0. The van der Waals surface area contributed by atoms with Crippen LogP contribution in [0.3, 0.4) is 0 Å². The van der Waals surface area contributed by atoms with Crippen LogP contribution in [-0.4, -0.2) is 25.3 Å². The number of rotatable bonds is 13. The van der Waals surface area contributed by atoms with Crippen LogP contribution in [0.4, 0.5) is 0 Å². The fourth-order valence-corrected chi connectivity index (χ4v) is 3.60. The molecule has 0 saturated heterocycles. The van der Waals surface area contributed by atoms with Crippen LogP contribution >= 0.6 is 0 Å². The average Bonchev–Trinajstić information content (AvgIpc) is 2.50.